The molecule has 0 spiro atoms. The Morgan fingerprint density at radius 2 is 2.14 bits per heavy atom. The first-order valence-corrected chi connectivity index (χ1v) is 7.29. The maximum Gasteiger partial charge on any atom is 0.270 e. The zero-order valence-corrected chi connectivity index (χ0v) is 13.5. The lowest BCUT2D eigenvalue weighted by atomic mass is 10.2. The summed E-state index contributed by atoms with van der Waals surface area (Å²) in [4.78, 5) is 14.6. The van der Waals surface area contributed by atoms with E-state index in [1.807, 2.05) is 17.7 Å². The molecule has 0 saturated heterocycles. The van der Waals surface area contributed by atoms with Gasteiger partial charge in [0.1, 0.15) is 5.69 Å². The monoisotopic (exact) mass is 297 g/mol. The summed E-state index contributed by atoms with van der Waals surface area (Å²) in [6.07, 6.45) is 2.76. The first kappa shape index (κ1) is 17.5. The first-order valence-electron chi connectivity index (χ1n) is 7.29. The Balaban J connectivity index is 2.97. The van der Waals surface area contributed by atoms with Crippen LogP contribution < -0.4 is 5.73 Å². The standard InChI is InChI=1S/C15H27N3O3/c1-5-6-17-10-13(16)9-14(17)15(19)18(7-8-20-3)12(2)11-21-4/h9-10,12H,5-8,11,16H2,1-4H3. The molecular formula is C15H27N3O3. The van der Waals surface area contributed by atoms with Gasteiger partial charge in [-0.1, -0.05) is 6.92 Å². The van der Waals surface area contributed by atoms with Crippen LogP contribution in [-0.4, -0.2) is 55.4 Å². The van der Waals surface area contributed by atoms with Crippen LogP contribution in [0.2, 0.25) is 0 Å². The average Bonchev–Trinajstić information content (AvgIpc) is 2.80. The molecule has 6 nitrogen and oxygen atoms in total. The van der Waals surface area contributed by atoms with E-state index < -0.39 is 0 Å². The zero-order valence-electron chi connectivity index (χ0n) is 13.5. The van der Waals surface area contributed by atoms with Crippen LogP contribution in [0.4, 0.5) is 5.69 Å². The summed E-state index contributed by atoms with van der Waals surface area (Å²) in [5, 5.41) is 0. The normalized spacial score (nSPS) is 12.4. The maximum atomic E-state index is 12.8. The van der Waals surface area contributed by atoms with Crippen LogP contribution in [0.3, 0.4) is 0 Å². The number of nitrogens with two attached hydrogens (primary N) is 1. The van der Waals surface area contributed by atoms with Crippen molar-refractivity contribution >= 4 is 11.6 Å². The van der Waals surface area contributed by atoms with Crippen LogP contribution in [0.1, 0.15) is 30.8 Å². The summed E-state index contributed by atoms with van der Waals surface area (Å²) in [5.74, 6) is -0.0400. The molecule has 0 saturated carbocycles. The van der Waals surface area contributed by atoms with Crippen LogP contribution in [0, 0.1) is 0 Å². The van der Waals surface area contributed by atoms with Crippen molar-refractivity contribution in [3.63, 3.8) is 0 Å². The molecule has 1 aromatic heterocycles. The molecule has 1 amide bonds. The fourth-order valence-corrected chi connectivity index (χ4v) is 2.33. The lowest BCUT2D eigenvalue weighted by Crippen LogP contribution is -2.43. The second-order valence-corrected chi connectivity index (χ2v) is 5.15. The maximum absolute atomic E-state index is 12.8. The van der Waals surface area contributed by atoms with Gasteiger partial charge >= 0.3 is 0 Å². The van der Waals surface area contributed by atoms with Gasteiger partial charge in [0.25, 0.3) is 5.91 Å². The number of nitrogen functional groups attached to an aromatic ring is 1. The summed E-state index contributed by atoms with van der Waals surface area (Å²) in [7, 11) is 3.26. The molecular weight excluding hydrogens is 270 g/mol. The fraction of sp³-hybridized carbons (Fsp3) is 0.667. The number of amides is 1. The number of nitrogens with zero attached hydrogens (tertiary/aromatic N) is 2. The molecule has 0 aliphatic heterocycles. The van der Waals surface area contributed by atoms with Gasteiger partial charge in [-0.3, -0.25) is 4.79 Å². The third kappa shape index (κ3) is 4.75. The van der Waals surface area contributed by atoms with Gasteiger partial charge in [0, 0.05) is 33.5 Å². The van der Waals surface area contributed by atoms with Crippen molar-refractivity contribution in [1.82, 2.24) is 9.47 Å². The highest BCUT2D eigenvalue weighted by molar-refractivity contribution is 5.94. The van der Waals surface area contributed by atoms with Gasteiger partial charge in [0.05, 0.1) is 24.9 Å². The summed E-state index contributed by atoms with van der Waals surface area (Å²) in [5.41, 5.74) is 7.07. The zero-order chi connectivity index (χ0) is 15.8. The van der Waals surface area contributed by atoms with E-state index in [-0.39, 0.29) is 11.9 Å². The van der Waals surface area contributed by atoms with Crippen molar-refractivity contribution in [2.45, 2.75) is 32.9 Å². The summed E-state index contributed by atoms with van der Waals surface area (Å²) >= 11 is 0. The van der Waals surface area contributed by atoms with Crippen molar-refractivity contribution in [2.75, 3.05) is 39.7 Å². The minimum Gasteiger partial charge on any atom is -0.397 e. The van der Waals surface area contributed by atoms with Crippen LogP contribution in [-0.2, 0) is 16.0 Å². The molecule has 2 N–H and O–H groups in total. The van der Waals surface area contributed by atoms with Crippen molar-refractivity contribution in [3.8, 4) is 0 Å². The topological polar surface area (TPSA) is 69.7 Å². The highest BCUT2D eigenvalue weighted by atomic mass is 16.5. The quantitative estimate of drug-likeness (QED) is 0.751. The lowest BCUT2D eigenvalue weighted by molar-refractivity contribution is 0.0470. The van der Waals surface area contributed by atoms with E-state index in [0.29, 0.717) is 31.1 Å². The minimum atomic E-state index is -0.0400. The van der Waals surface area contributed by atoms with Gasteiger partial charge in [-0.2, -0.15) is 0 Å². The second kappa shape index (κ2) is 8.69. The van der Waals surface area contributed by atoms with Crippen LogP contribution >= 0.6 is 0 Å². The summed E-state index contributed by atoms with van der Waals surface area (Å²) < 4.78 is 12.2. The molecule has 0 radical (unpaired) electrons. The summed E-state index contributed by atoms with van der Waals surface area (Å²) in [6, 6.07) is 1.71. The number of methoxy groups -OCH3 is 2. The van der Waals surface area contributed by atoms with Gasteiger partial charge in [0.2, 0.25) is 0 Å². The Labute approximate surface area is 126 Å². The number of ether oxygens (including phenoxy) is 2. The molecule has 0 aliphatic carbocycles. The number of rotatable bonds is 9. The highest BCUT2D eigenvalue weighted by Gasteiger charge is 2.24. The Bertz CT molecular complexity index is 445. The molecule has 120 valence electrons. The van der Waals surface area contributed by atoms with Crippen molar-refractivity contribution in [3.05, 3.63) is 18.0 Å². The lowest BCUT2D eigenvalue weighted by Gasteiger charge is -2.29. The number of carbonyl (C=O) groups is 1. The largest absolute Gasteiger partial charge is 0.397 e. The van der Waals surface area contributed by atoms with E-state index in [9.17, 15) is 4.79 Å². The molecule has 21 heavy (non-hydrogen) atoms. The van der Waals surface area contributed by atoms with Crippen molar-refractivity contribution in [1.29, 1.82) is 0 Å². The number of anilines is 1. The van der Waals surface area contributed by atoms with E-state index in [2.05, 4.69) is 6.92 Å². The molecule has 1 unspecified atom stereocenters. The van der Waals surface area contributed by atoms with Gasteiger partial charge in [-0.05, 0) is 19.4 Å². The van der Waals surface area contributed by atoms with E-state index >= 15 is 0 Å². The van der Waals surface area contributed by atoms with E-state index in [0.717, 1.165) is 13.0 Å². The first-order chi connectivity index (χ1) is 10.0. The fourth-order valence-electron chi connectivity index (χ4n) is 2.33. The Hall–Kier alpha value is -1.53. The van der Waals surface area contributed by atoms with Crippen LogP contribution in [0.25, 0.3) is 0 Å². The molecule has 1 atom stereocenters. The smallest absolute Gasteiger partial charge is 0.270 e. The SMILES string of the molecule is CCCn1cc(N)cc1C(=O)N(CCOC)C(C)COC. The average molecular weight is 297 g/mol. The highest BCUT2D eigenvalue weighted by Crippen LogP contribution is 2.15. The molecule has 0 aromatic carbocycles. The number of aryl methyl sites for hydroxylation is 1. The van der Waals surface area contributed by atoms with Gasteiger partial charge in [-0.15, -0.1) is 0 Å². The predicted octanol–water partition coefficient (Wildman–Crippen LogP) is 1.60. The summed E-state index contributed by atoms with van der Waals surface area (Å²) in [6.45, 7) is 6.31. The molecule has 0 fully saturated rings. The third-order valence-corrected chi connectivity index (χ3v) is 3.34. The predicted molar refractivity (Wildman–Crippen MR) is 83.4 cm³/mol. The molecule has 1 heterocycles. The van der Waals surface area contributed by atoms with E-state index in [1.165, 1.54) is 0 Å². The van der Waals surface area contributed by atoms with Gasteiger partial charge in [0.15, 0.2) is 0 Å². The molecule has 0 bridgehead atoms. The molecule has 1 rings (SSSR count). The van der Waals surface area contributed by atoms with E-state index in [1.54, 1.807) is 25.2 Å². The molecule has 6 heteroatoms. The molecule has 1 aromatic rings. The van der Waals surface area contributed by atoms with Crippen LogP contribution in [0.15, 0.2) is 12.3 Å². The van der Waals surface area contributed by atoms with Gasteiger partial charge < -0.3 is 24.7 Å². The second-order valence-electron chi connectivity index (χ2n) is 5.15. The van der Waals surface area contributed by atoms with Crippen LogP contribution in [0.5, 0.6) is 0 Å². The van der Waals surface area contributed by atoms with Gasteiger partial charge in [-0.25, -0.2) is 0 Å². The number of hydrogen-bond donors (Lipinski definition) is 1. The Morgan fingerprint density at radius 1 is 1.43 bits per heavy atom. The van der Waals surface area contributed by atoms with E-state index in [4.69, 9.17) is 15.2 Å². The number of carbonyl (C=O) groups excluding carboxylic acids is 1. The Kier molecular flexibility index (Phi) is 7.25. The molecule has 0 aliphatic rings. The number of hydrogen-bond acceptors (Lipinski definition) is 4. The minimum absolute atomic E-state index is 0.0242. The van der Waals surface area contributed by atoms with Crippen molar-refractivity contribution in [2.24, 2.45) is 0 Å². The number of aromatic nitrogens is 1. The Morgan fingerprint density at radius 3 is 2.71 bits per heavy atom. The van der Waals surface area contributed by atoms with Crippen molar-refractivity contribution < 1.29 is 14.3 Å². The third-order valence-electron chi connectivity index (χ3n) is 3.34.